The van der Waals surface area contributed by atoms with Crippen LogP contribution >= 0.6 is 11.8 Å². The lowest BCUT2D eigenvalue weighted by Gasteiger charge is -1.94. The molecule has 0 aliphatic heterocycles. The third kappa shape index (κ3) is 2.18. The number of hydrogen-bond acceptors (Lipinski definition) is 4. The summed E-state index contributed by atoms with van der Waals surface area (Å²) in [5.41, 5.74) is 1.84. The second-order valence-corrected chi connectivity index (χ2v) is 4.07. The maximum atomic E-state index is 8.49. The van der Waals surface area contributed by atoms with Gasteiger partial charge in [-0.3, -0.25) is 0 Å². The highest BCUT2D eigenvalue weighted by molar-refractivity contribution is 7.99. The standard InChI is InChI=1S/C11H10N4S/c12-6-7-16-11-14-10(8-15(11)13)9-4-2-1-3-5-9/h1-5,8H,7,13H2. The molecule has 0 spiro atoms. The van der Waals surface area contributed by atoms with Gasteiger partial charge in [-0.2, -0.15) is 5.26 Å². The van der Waals surface area contributed by atoms with Crippen LogP contribution in [0, 0.1) is 11.3 Å². The summed E-state index contributed by atoms with van der Waals surface area (Å²) in [5.74, 6) is 6.09. The van der Waals surface area contributed by atoms with Gasteiger partial charge in [0.05, 0.1) is 23.7 Å². The molecule has 0 aliphatic rings. The van der Waals surface area contributed by atoms with Gasteiger partial charge in [0, 0.05) is 5.56 Å². The van der Waals surface area contributed by atoms with Crippen molar-refractivity contribution >= 4 is 11.8 Å². The van der Waals surface area contributed by atoms with Gasteiger partial charge in [0.15, 0.2) is 5.16 Å². The molecule has 0 saturated carbocycles. The molecule has 4 nitrogen and oxygen atoms in total. The van der Waals surface area contributed by atoms with E-state index >= 15 is 0 Å². The van der Waals surface area contributed by atoms with Crippen LogP contribution in [0.4, 0.5) is 0 Å². The van der Waals surface area contributed by atoms with E-state index in [4.69, 9.17) is 11.1 Å². The zero-order valence-electron chi connectivity index (χ0n) is 8.50. The maximum absolute atomic E-state index is 8.49. The Morgan fingerprint density at radius 1 is 1.38 bits per heavy atom. The van der Waals surface area contributed by atoms with Gasteiger partial charge in [-0.15, -0.1) is 0 Å². The van der Waals surface area contributed by atoms with Gasteiger partial charge in [-0.25, -0.2) is 9.66 Å². The molecular weight excluding hydrogens is 220 g/mol. The number of nitriles is 1. The van der Waals surface area contributed by atoms with Crippen LogP contribution in [0.15, 0.2) is 41.7 Å². The van der Waals surface area contributed by atoms with Crippen LogP contribution in [0.1, 0.15) is 0 Å². The lowest BCUT2D eigenvalue weighted by atomic mass is 10.2. The molecule has 0 fully saturated rings. The van der Waals surface area contributed by atoms with E-state index in [0.717, 1.165) is 11.3 Å². The molecule has 0 bridgehead atoms. The van der Waals surface area contributed by atoms with Crippen molar-refractivity contribution in [1.29, 1.82) is 5.26 Å². The summed E-state index contributed by atoms with van der Waals surface area (Å²) >= 11 is 1.33. The maximum Gasteiger partial charge on any atom is 0.188 e. The van der Waals surface area contributed by atoms with E-state index in [1.165, 1.54) is 16.4 Å². The number of imidazole rings is 1. The molecule has 1 aromatic carbocycles. The first-order valence-electron chi connectivity index (χ1n) is 4.71. The molecule has 2 rings (SSSR count). The fourth-order valence-electron chi connectivity index (χ4n) is 1.33. The minimum absolute atomic E-state index is 0.350. The van der Waals surface area contributed by atoms with Crippen molar-refractivity contribution < 1.29 is 0 Å². The molecule has 0 saturated heterocycles. The Morgan fingerprint density at radius 2 is 2.12 bits per heavy atom. The lowest BCUT2D eigenvalue weighted by molar-refractivity contribution is 0.853. The summed E-state index contributed by atoms with van der Waals surface area (Å²) in [6.07, 6.45) is 1.76. The van der Waals surface area contributed by atoms with E-state index in [9.17, 15) is 0 Å². The molecule has 0 unspecified atom stereocenters. The van der Waals surface area contributed by atoms with Crippen LogP contribution in [-0.4, -0.2) is 15.4 Å². The third-order valence-electron chi connectivity index (χ3n) is 2.03. The first-order valence-corrected chi connectivity index (χ1v) is 5.69. The highest BCUT2D eigenvalue weighted by Gasteiger charge is 2.07. The van der Waals surface area contributed by atoms with Crippen molar-refractivity contribution in [2.24, 2.45) is 0 Å². The van der Waals surface area contributed by atoms with E-state index in [1.807, 2.05) is 36.4 Å². The largest absolute Gasteiger partial charge is 0.337 e. The second kappa shape index (κ2) is 4.73. The van der Waals surface area contributed by atoms with Gasteiger partial charge in [0.25, 0.3) is 0 Å². The van der Waals surface area contributed by atoms with Crippen LogP contribution in [0.3, 0.4) is 0 Å². The van der Waals surface area contributed by atoms with Crippen molar-refractivity contribution in [3.8, 4) is 17.3 Å². The topological polar surface area (TPSA) is 67.6 Å². The smallest absolute Gasteiger partial charge is 0.188 e. The molecular formula is C11H10N4S. The minimum atomic E-state index is 0.350. The Labute approximate surface area is 97.7 Å². The molecule has 1 aromatic heterocycles. The zero-order valence-corrected chi connectivity index (χ0v) is 9.31. The van der Waals surface area contributed by atoms with E-state index in [0.29, 0.717) is 10.9 Å². The monoisotopic (exact) mass is 230 g/mol. The SMILES string of the molecule is N#CCSc1nc(-c2ccccc2)cn1N. The van der Waals surface area contributed by atoms with E-state index in [2.05, 4.69) is 4.98 Å². The number of thioether (sulfide) groups is 1. The number of hydrogen-bond donors (Lipinski definition) is 1. The molecule has 5 heteroatoms. The van der Waals surface area contributed by atoms with Gasteiger partial charge >= 0.3 is 0 Å². The highest BCUT2D eigenvalue weighted by Crippen LogP contribution is 2.22. The zero-order chi connectivity index (χ0) is 11.4. The fraction of sp³-hybridized carbons (Fsp3) is 0.0909. The fourth-order valence-corrected chi connectivity index (χ4v) is 1.89. The van der Waals surface area contributed by atoms with Gasteiger partial charge in [0.1, 0.15) is 0 Å². The van der Waals surface area contributed by atoms with Crippen molar-refractivity contribution in [1.82, 2.24) is 9.66 Å². The Bertz CT molecular complexity index is 513. The highest BCUT2D eigenvalue weighted by atomic mass is 32.2. The average molecular weight is 230 g/mol. The van der Waals surface area contributed by atoms with Gasteiger partial charge in [-0.05, 0) is 0 Å². The van der Waals surface area contributed by atoms with Gasteiger partial charge in [-0.1, -0.05) is 42.1 Å². The quantitative estimate of drug-likeness (QED) is 0.645. The summed E-state index contributed by atoms with van der Waals surface area (Å²) in [7, 11) is 0. The number of nitrogen functional groups attached to an aromatic ring is 1. The Balaban J connectivity index is 2.28. The second-order valence-electron chi connectivity index (χ2n) is 3.13. The summed E-state index contributed by atoms with van der Waals surface area (Å²) in [4.78, 5) is 4.37. The van der Waals surface area contributed by atoms with E-state index in [-0.39, 0.29) is 0 Å². The molecule has 2 aromatic rings. The van der Waals surface area contributed by atoms with Gasteiger partial charge in [0.2, 0.25) is 0 Å². The molecule has 1 heterocycles. The summed E-state index contributed by atoms with van der Waals surface area (Å²) in [6, 6.07) is 11.8. The van der Waals surface area contributed by atoms with E-state index < -0.39 is 0 Å². The van der Waals surface area contributed by atoms with Crippen molar-refractivity contribution in [2.75, 3.05) is 11.6 Å². The number of nitrogens with zero attached hydrogens (tertiary/aromatic N) is 3. The molecule has 0 aliphatic carbocycles. The first-order chi connectivity index (χ1) is 7.81. The number of benzene rings is 1. The Hall–Kier alpha value is -1.93. The Morgan fingerprint density at radius 3 is 2.81 bits per heavy atom. The predicted molar refractivity (Wildman–Crippen MR) is 64.2 cm³/mol. The third-order valence-corrected chi connectivity index (χ3v) is 2.87. The van der Waals surface area contributed by atoms with Crippen molar-refractivity contribution in [3.05, 3.63) is 36.5 Å². The lowest BCUT2D eigenvalue weighted by Crippen LogP contribution is -2.07. The summed E-state index contributed by atoms with van der Waals surface area (Å²) < 4.78 is 1.45. The van der Waals surface area contributed by atoms with Crippen LogP contribution in [0.2, 0.25) is 0 Å². The van der Waals surface area contributed by atoms with Crippen LogP contribution < -0.4 is 5.84 Å². The van der Waals surface area contributed by atoms with E-state index in [1.54, 1.807) is 6.20 Å². The normalized spacial score (nSPS) is 9.94. The van der Waals surface area contributed by atoms with Gasteiger partial charge < -0.3 is 5.84 Å². The molecule has 0 atom stereocenters. The molecule has 2 N–H and O–H groups in total. The molecule has 0 radical (unpaired) electrons. The van der Waals surface area contributed by atoms with Crippen molar-refractivity contribution in [3.63, 3.8) is 0 Å². The van der Waals surface area contributed by atoms with Crippen LogP contribution in [0.5, 0.6) is 0 Å². The average Bonchev–Trinajstić information content (AvgIpc) is 2.69. The van der Waals surface area contributed by atoms with Crippen LogP contribution in [0.25, 0.3) is 11.3 Å². The van der Waals surface area contributed by atoms with Crippen LogP contribution in [-0.2, 0) is 0 Å². The summed E-state index contributed by atoms with van der Waals surface area (Å²) in [6.45, 7) is 0. The molecule has 16 heavy (non-hydrogen) atoms. The first kappa shape index (κ1) is 10.6. The van der Waals surface area contributed by atoms with Crippen molar-refractivity contribution in [2.45, 2.75) is 5.16 Å². The number of rotatable bonds is 3. The minimum Gasteiger partial charge on any atom is -0.337 e. The Kier molecular flexibility index (Phi) is 3.13. The molecule has 80 valence electrons. The number of aromatic nitrogens is 2. The summed E-state index contributed by atoms with van der Waals surface area (Å²) in [5, 5.41) is 9.15. The number of nitrogens with two attached hydrogens (primary N) is 1. The molecule has 0 amide bonds. The predicted octanol–water partition coefficient (Wildman–Crippen LogP) is 1.88.